The maximum atomic E-state index is 12.6. The van der Waals surface area contributed by atoms with Gasteiger partial charge in [0.05, 0.1) is 5.56 Å². The molecule has 26 heavy (non-hydrogen) atoms. The van der Waals surface area contributed by atoms with Crippen molar-refractivity contribution in [1.82, 2.24) is 5.32 Å². The molecule has 1 unspecified atom stereocenters. The topological polar surface area (TPSA) is 78.4 Å². The minimum absolute atomic E-state index is 0.107. The number of carboxylic acid groups (broad SMARTS) is 1. The number of carbonyl (C=O) groups is 2. The van der Waals surface area contributed by atoms with Crippen molar-refractivity contribution in [2.75, 3.05) is 5.32 Å². The summed E-state index contributed by atoms with van der Waals surface area (Å²) in [6.45, 7) is 0. The van der Waals surface area contributed by atoms with Gasteiger partial charge >= 0.3 is 12.3 Å². The first-order valence-electron chi connectivity index (χ1n) is 7.37. The van der Waals surface area contributed by atoms with E-state index in [1.807, 2.05) is 12.1 Å². The molecule has 0 heterocycles. The first-order chi connectivity index (χ1) is 12.1. The molecule has 0 aliphatic heterocycles. The van der Waals surface area contributed by atoms with Crippen LogP contribution in [-0.2, 0) is 17.4 Å². The van der Waals surface area contributed by atoms with Gasteiger partial charge in [0.2, 0.25) is 5.91 Å². The van der Waals surface area contributed by atoms with E-state index in [0.29, 0.717) is 0 Å². The SMILES string of the molecule is O=C(O)NC(Cc1ccc(I)cc1)C(=O)Nc1ccc(C(F)(F)F)cc1. The summed E-state index contributed by atoms with van der Waals surface area (Å²) in [5.41, 5.74) is 0.0455. The predicted molar refractivity (Wildman–Crippen MR) is 97.9 cm³/mol. The normalized spacial score (nSPS) is 12.3. The number of alkyl halides is 3. The molecule has 0 saturated carbocycles. The lowest BCUT2D eigenvalue weighted by Crippen LogP contribution is -2.44. The van der Waals surface area contributed by atoms with Crippen LogP contribution in [0.15, 0.2) is 48.5 Å². The first kappa shape index (κ1) is 20.0. The number of amides is 2. The third kappa shape index (κ3) is 5.90. The molecule has 0 radical (unpaired) electrons. The van der Waals surface area contributed by atoms with Crippen molar-refractivity contribution >= 4 is 40.3 Å². The summed E-state index contributed by atoms with van der Waals surface area (Å²) in [6, 6.07) is 10.0. The highest BCUT2D eigenvalue weighted by Crippen LogP contribution is 2.29. The molecule has 5 nitrogen and oxygen atoms in total. The van der Waals surface area contributed by atoms with Crippen LogP contribution < -0.4 is 10.6 Å². The average molecular weight is 478 g/mol. The molecule has 1 atom stereocenters. The fourth-order valence-corrected chi connectivity index (χ4v) is 2.55. The van der Waals surface area contributed by atoms with E-state index in [9.17, 15) is 22.8 Å². The third-order valence-corrected chi connectivity index (χ3v) is 4.17. The second-order valence-corrected chi connectivity index (χ2v) is 6.64. The quantitative estimate of drug-likeness (QED) is 0.566. The number of rotatable bonds is 5. The fourth-order valence-electron chi connectivity index (χ4n) is 2.19. The summed E-state index contributed by atoms with van der Waals surface area (Å²) < 4.78 is 38.7. The zero-order chi connectivity index (χ0) is 19.3. The standard InChI is InChI=1S/C17H14F3IN2O3/c18-17(19,20)11-3-7-13(8-4-11)22-15(24)14(23-16(25)26)9-10-1-5-12(21)6-2-10/h1-8,14,23H,9H2,(H,22,24)(H,25,26). The van der Waals surface area contributed by atoms with Gasteiger partial charge in [0.1, 0.15) is 6.04 Å². The number of anilines is 1. The van der Waals surface area contributed by atoms with E-state index in [2.05, 4.69) is 33.2 Å². The van der Waals surface area contributed by atoms with Crippen molar-refractivity contribution in [2.24, 2.45) is 0 Å². The molecule has 2 aromatic rings. The van der Waals surface area contributed by atoms with Crippen molar-refractivity contribution in [3.05, 3.63) is 63.2 Å². The summed E-state index contributed by atoms with van der Waals surface area (Å²) in [4.78, 5) is 23.3. The average Bonchev–Trinajstić information content (AvgIpc) is 2.55. The van der Waals surface area contributed by atoms with Crippen molar-refractivity contribution in [1.29, 1.82) is 0 Å². The van der Waals surface area contributed by atoms with Crippen LogP contribution in [0.5, 0.6) is 0 Å². The van der Waals surface area contributed by atoms with Crippen molar-refractivity contribution in [3.8, 4) is 0 Å². The molecule has 0 saturated heterocycles. The number of hydrogen-bond donors (Lipinski definition) is 3. The Morgan fingerprint density at radius 2 is 1.62 bits per heavy atom. The first-order valence-corrected chi connectivity index (χ1v) is 8.45. The summed E-state index contributed by atoms with van der Waals surface area (Å²) in [5, 5.41) is 13.5. The largest absolute Gasteiger partial charge is 0.465 e. The number of nitrogens with one attached hydrogen (secondary N) is 2. The molecule has 0 aliphatic carbocycles. The van der Waals surface area contributed by atoms with Gasteiger partial charge in [0.15, 0.2) is 0 Å². The summed E-state index contributed by atoms with van der Waals surface area (Å²) >= 11 is 2.12. The molecular weight excluding hydrogens is 464 g/mol. The van der Waals surface area contributed by atoms with Gasteiger partial charge in [0, 0.05) is 15.7 Å². The molecular formula is C17H14F3IN2O3. The van der Waals surface area contributed by atoms with Gasteiger partial charge in [-0.15, -0.1) is 0 Å². The number of hydrogen-bond acceptors (Lipinski definition) is 2. The number of halogens is 4. The molecule has 138 valence electrons. The summed E-state index contributed by atoms with van der Waals surface area (Å²) in [5.74, 6) is -0.661. The van der Waals surface area contributed by atoms with Crippen LogP contribution in [0.1, 0.15) is 11.1 Å². The van der Waals surface area contributed by atoms with Gasteiger partial charge in [-0.1, -0.05) is 12.1 Å². The zero-order valence-electron chi connectivity index (χ0n) is 13.2. The Morgan fingerprint density at radius 3 is 2.12 bits per heavy atom. The van der Waals surface area contributed by atoms with E-state index in [0.717, 1.165) is 33.4 Å². The molecule has 0 spiro atoms. The molecule has 0 bridgehead atoms. The predicted octanol–water partition coefficient (Wildman–Crippen LogP) is 4.13. The highest BCUT2D eigenvalue weighted by molar-refractivity contribution is 14.1. The molecule has 2 amide bonds. The van der Waals surface area contributed by atoms with Crippen LogP contribution in [0.2, 0.25) is 0 Å². The summed E-state index contributed by atoms with van der Waals surface area (Å²) in [6.07, 6.45) is -5.74. The van der Waals surface area contributed by atoms with E-state index < -0.39 is 29.8 Å². The van der Waals surface area contributed by atoms with E-state index in [4.69, 9.17) is 5.11 Å². The molecule has 3 N–H and O–H groups in total. The lowest BCUT2D eigenvalue weighted by atomic mass is 10.1. The Bertz CT molecular complexity index is 777. The maximum Gasteiger partial charge on any atom is 0.416 e. The van der Waals surface area contributed by atoms with E-state index in [1.54, 1.807) is 12.1 Å². The molecule has 9 heteroatoms. The van der Waals surface area contributed by atoms with Crippen LogP contribution in [0.3, 0.4) is 0 Å². The monoisotopic (exact) mass is 478 g/mol. The van der Waals surface area contributed by atoms with Crippen molar-refractivity contribution < 1.29 is 27.9 Å². The Morgan fingerprint density at radius 1 is 1.04 bits per heavy atom. The van der Waals surface area contributed by atoms with Gasteiger partial charge < -0.3 is 15.7 Å². The van der Waals surface area contributed by atoms with E-state index in [-0.39, 0.29) is 12.1 Å². The van der Waals surface area contributed by atoms with Crippen molar-refractivity contribution in [2.45, 2.75) is 18.6 Å². The lowest BCUT2D eigenvalue weighted by Gasteiger charge is -2.17. The molecule has 2 rings (SSSR count). The number of carbonyl (C=O) groups excluding carboxylic acids is 1. The Labute approximate surface area is 160 Å². The highest BCUT2D eigenvalue weighted by atomic mass is 127. The molecule has 0 aliphatic rings. The maximum absolute atomic E-state index is 12.6. The molecule has 2 aromatic carbocycles. The second kappa shape index (κ2) is 8.39. The van der Waals surface area contributed by atoms with Gasteiger partial charge in [-0.05, 0) is 64.6 Å². The van der Waals surface area contributed by atoms with Crippen LogP contribution >= 0.6 is 22.6 Å². The number of benzene rings is 2. The second-order valence-electron chi connectivity index (χ2n) is 5.40. The third-order valence-electron chi connectivity index (χ3n) is 3.45. The van der Waals surface area contributed by atoms with Gasteiger partial charge in [-0.25, -0.2) is 4.79 Å². The summed E-state index contributed by atoms with van der Waals surface area (Å²) in [7, 11) is 0. The molecule has 0 fully saturated rings. The van der Waals surface area contributed by atoms with Crippen LogP contribution in [0.4, 0.5) is 23.7 Å². The van der Waals surface area contributed by atoms with Crippen LogP contribution in [0.25, 0.3) is 0 Å². The Kier molecular flexibility index (Phi) is 6.46. The van der Waals surface area contributed by atoms with Crippen LogP contribution in [-0.4, -0.2) is 23.1 Å². The minimum Gasteiger partial charge on any atom is -0.465 e. The smallest absolute Gasteiger partial charge is 0.416 e. The molecule has 0 aromatic heterocycles. The van der Waals surface area contributed by atoms with E-state index in [1.165, 1.54) is 0 Å². The Hall–Kier alpha value is -2.30. The van der Waals surface area contributed by atoms with Crippen LogP contribution in [0, 0.1) is 3.57 Å². The minimum atomic E-state index is -4.47. The van der Waals surface area contributed by atoms with Gasteiger partial charge in [-0.3, -0.25) is 4.79 Å². The van der Waals surface area contributed by atoms with Gasteiger partial charge in [0.25, 0.3) is 0 Å². The van der Waals surface area contributed by atoms with Crippen molar-refractivity contribution in [3.63, 3.8) is 0 Å². The fraction of sp³-hybridized carbons (Fsp3) is 0.176. The zero-order valence-corrected chi connectivity index (χ0v) is 15.3. The highest BCUT2D eigenvalue weighted by Gasteiger charge is 2.30. The van der Waals surface area contributed by atoms with E-state index >= 15 is 0 Å². The van der Waals surface area contributed by atoms with Gasteiger partial charge in [-0.2, -0.15) is 13.2 Å². The Balaban J connectivity index is 2.10. The lowest BCUT2D eigenvalue weighted by molar-refractivity contribution is -0.137.